The summed E-state index contributed by atoms with van der Waals surface area (Å²) in [6, 6.07) is 9.51. The fraction of sp³-hybridized carbons (Fsp3) is 0.364. The van der Waals surface area contributed by atoms with Crippen LogP contribution < -0.4 is 5.56 Å². The van der Waals surface area contributed by atoms with Gasteiger partial charge in [-0.15, -0.1) is 0 Å². The highest BCUT2D eigenvalue weighted by molar-refractivity contribution is 5.82. The Bertz CT molecular complexity index is 1140. The zero-order chi connectivity index (χ0) is 20.4. The lowest BCUT2D eigenvalue weighted by molar-refractivity contribution is -0.131. The van der Waals surface area contributed by atoms with E-state index in [4.69, 9.17) is 0 Å². The van der Waals surface area contributed by atoms with Gasteiger partial charge in [0.25, 0.3) is 5.56 Å². The van der Waals surface area contributed by atoms with Crippen LogP contribution in [0.4, 0.5) is 0 Å². The van der Waals surface area contributed by atoms with Crippen LogP contribution in [0.1, 0.15) is 31.3 Å². The van der Waals surface area contributed by atoms with Crippen LogP contribution in [0.15, 0.2) is 47.4 Å². The van der Waals surface area contributed by atoms with Crippen molar-refractivity contribution in [2.24, 2.45) is 0 Å². The molecule has 1 aliphatic heterocycles. The molecule has 3 heterocycles. The highest BCUT2D eigenvalue weighted by Crippen LogP contribution is 2.23. The van der Waals surface area contributed by atoms with Crippen molar-refractivity contribution in [2.75, 3.05) is 13.1 Å². The van der Waals surface area contributed by atoms with E-state index >= 15 is 0 Å². The third-order valence-electron chi connectivity index (χ3n) is 5.47. The van der Waals surface area contributed by atoms with Gasteiger partial charge < -0.3 is 9.47 Å². The molecule has 150 valence electrons. The van der Waals surface area contributed by atoms with Gasteiger partial charge in [-0.3, -0.25) is 14.3 Å². The SMILES string of the molecule is CCc1nc(=O)c2ccccc2n1C1=CCN(C(=O)CCn2nccc2C)CC1. The number of carbonyl (C=O) groups is 1. The van der Waals surface area contributed by atoms with Gasteiger partial charge in [-0.05, 0) is 31.2 Å². The molecule has 0 N–H and O–H groups in total. The predicted octanol–water partition coefficient (Wildman–Crippen LogP) is 2.63. The number of rotatable bonds is 5. The van der Waals surface area contributed by atoms with Crippen LogP contribution >= 0.6 is 0 Å². The number of para-hydroxylation sites is 1. The van der Waals surface area contributed by atoms with Crippen molar-refractivity contribution in [1.82, 2.24) is 24.2 Å². The molecule has 1 amide bonds. The maximum absolute atomic E-state index is 12.6. The van der Waals surface area contributed by atoms with Crippen molar-refractivity contribution in [3.8, 4) is 0 Å². The van der Waals surface area contributed by atoms with Gasteiger partial charge >= 0.3 is 0 Å². The minimum Gasteiger partial charge on any atom is -0.338 e. The molecule has 0 radical (unpaired) electrons. The summed E-state index contributed by atoms with van der Waals surface area (Å²) in [4.78, 5) is 31.1. The standard InChI is InChI=1S/C22H25N5O2/c1-3-20-24-22(29)18-6-4-5-7-19(18)27(20)17-9-13-25(14-10-17)21(28)11-15-26-16(2)8-12-23-26/h4-9,12H,3,10-11,13-15H2,1-2H3. The van der Waals surface area contributed by atoms with Crippen LogP contribution in [0.5, 0.6) is 0 Å². The monoisotopic (exact) mass is 391 g/mol. The van der Waals surface area contributed by atoms with Crippen LogP contribution in [-0.2, 0) is 17.8 Å². The quantitative estimate of drug-likeness (QED) is 0.670. The van der Waals surface area contributed by atoms with E-state index < -0.39 is 0 Å². The lowest BCUT2D eigenvalue weighted by atomic mass is 10.1. The average Bonchev–Trinajstić information content (AvgIpc) is 3.17. The van der Waals surface area contributed by atoms with Gasteiger partial charge in [0.2, 0.25) is 5.91 Å². The Kier molecular flexibility index (Phi) is 5.29. The smallest absolute Gasteiger partial charge is 0.280 e. The first-order valence-corrected chi connectivity index (χ1v) is 10.0. The van der Waals surface area contributed by atoms with E-state index in [1.165, 1.54) is 0 Å². The van der Waals surface area contributed by atoms with Gasteiger partial charge in [-0.1, -0.05) is 19.1 Å². The first-order chi connectivity index (χ1) is 14.1. The Morgan fingerprint density at radius 1 is 1.21 bits per heavy atom. The van der Waals surface area contributed by atoms with Crippen LogP contribution in [-0.4, -0.2) is 43.2 Å². The molecule has 1 aromatic carbocycles. The molecule has 0 fully saturated rings. The highest BCUT2D eigenvalue weighted by Gasteiger charge is 2.20. The zero-order valence-electron chi connectivity index (χ0n) is 16.8. The highest BCUT2D eigenvalue weighted by atomic mass is 16.2. The molecule has 2 aromatic heterocycles. The minimum absolute atomic E-state index is 0.133. The summed E-state index contributed by atoms with van der Waals surface area (Å²) in [6.45, 7) is 5.81. The van der Waals surface area contributed by atoms with Crippen LogP contribution in [0.3, 0.4) is 0 Å². The van der Waals surface area contributed by atoms with Gasteiger partial charge in [0.05, 0.1) is 10.9 Å². The minimum atomic E-state index is -0.184. The summed E-state index contributed by atoms with van der Waals surface area (Å²) in [6.07, 6.45) is 5.67. The van der Waals surface area contributed by atoms with Crippen molar-refractivity contribution in [3.63, 3.8) is 0 Å². The fourth-order valence-electron chi connectivity index (χ4n) is 3.85. The van der Waals surface area contributed by atoms with Crippen molar-refractivity contribution >= 4 is 22.5 Å². The van der Waals surface area contributed by atoms with Gasteiger partial charge in [0.15, 0.2) is 0 Å². The molecule has 0 saturated carbocycles. The molecule has 0 unspecified atom stereocenters. The molecule has 7 nitrogen and oxygen atoms in total. The Morgan fingerprint density at radius 3 is 2.72 bits per heavy atom. The topological polar surface area (TPSA) is 73.0 Å². The number of carbonyl (C=O) groups excluding carboxylic acids is 1. The van der Waals surface area contributed by atoms with Crippen LogP contribution in [0.2, 0.25) is 0 Å². The molecule has 4 rings (SSSR count). The van der Waals surface area contributed by atoms with E-state index in [-0.39, 0.29) is 11.5 Å². The molecule has 0 bridgehead atoms. The number of benzene rings is 1. The summed E-state index contributed by atoms with van der Waals surface area (Å²) in [5, 5.41) is 4.86. The molecule has 7 heteroatoms. The predicted molar refractivity (Wildman–Crippen MR) is 112 cm³/mol. The van der Waals surface area contributed by atoms with Gasteiger partial charge in [0, 0.05) is 56.5 Å². The number of aromatic nitrogens is 4. The molecule has 0 aliphatic carbocycles. The Labute approximate surface area is 169 Å². The van der Waals surface area contributed by atoms with Crippen molar-refractivity contribution in [2.45, 2.75) is 39.7 Å². The first kappa shape index (κ1) is 19.1. The van der Waals surface area contributed by atoms with E-state index in [2.05, 4.69) is 20.7 Å². The number of hydrogen-bond acceptors (Lipinski definition) is 4. The maximum Gasteiger partial charge on any atom is 0.280 e. The molecule has 3 aromatic rings. The third-order valence-corrected chi connectivity index (χ3v) is 5.47. The molecule has 29 heavy (non-hydrogen) atoms. The van der Waals surface area contributed by atoms with E-state index in [9.17, 15) is 9.59 Å². The number of aryl methyl sites for hydroxylation is 3. The van der Waals surface area contributed by atoms with Crippen LogP contribution in [0, 0.1) is 6.92 Å². The fourth-order valence-corrected chi connectivity index (χ4v) is 3.85. The van der Waals surface area contributed by atoms with E-state index in [1.807, 2.05) is 53.8 Å². The first-order valence-electron chi connectivity index (χ1n) is 10.0. The van der Waals surface area contributed by atoms with E-state index in [0.29, 0.717) is 37.9 Å². The second-order valence-electron chi connectivity index (χ2n) is 7.27. The molecule has 0 saturated heterocycles. The van der Waals surface area contributed by atoms with Gasteiger partial charge in [0.1, 0.15) is 5.82 Å². The lowest BCUT2D eigenvalue weighted by Crippen LogP contribution is -2.36. The molecule has 0 spiro atoms. The summed E-state index contributed by atoms with van der Waals surface area (Å²) >= 11 is 0. The molecular formula is C22H25N5O2. The maximum atomic E-state index is 12.6. The number of nitrogens with zero attached hydrogens (tertiary/aromatic N) is 5. The Balaban J connectivity index is 1.54. The molecule has 0 atom stereocenters. The van der Waals surface area contributed by atoms with Crippen molar-refractivity contribution in [1.29, 1.82) is 0 Å². The Morgan fingerprint density at radius 2 is 2.03 bits per heavy atom. The number of hydrogen-bond donors (Lipinski definition) is 0. The number of fused-ring (bicyclic) bond motifs is 1. The second-order valence-corrected chi connectivity index (χ2v) is 7.27. The summed E-state index contributed by atoms with van der Waals surface area (Å²) in [5.74, 6) is 0.891. The van der Waals surface area contributed by atoms with Gasteiger partial charge in [-0.25, -0.2) is 0 Å². The van der Waals surface area contributed by atoms with Gasteiger partial charge in [-0.2, -0.15) is 10.1 Å². The molecule has 1 aliphatic rings. The number of amides is 1. The van der Waals surface area contributed by atoms with Crippen LogP contribution in [0.25, 0.3) is 16.6 Å². The van der Waals surface area contributed by atoms with E-state index in [0.717, 1.165) is 29.2 Å². The van der Waals surface area contributed by atoms with E-state index in [1.54, 1.807) is 6.20 Å². The summed E-state index contributed by atoms with van der Waals surface area (Å²) < 4.78 is 3.94. The lowest BCUT2D eigenvalue weighted by Gasteiger charge is -2.29. The van der Waals surface area contributed by atoms with Crippen molar-refractivity contribution in [3.05, 3.63) is 64.5 Å². The Hall–Kier alpha value is -3.22. The normalized spacial score (nSPS) is 14.3. The zero-order valence-corrected chi connectivity index (χ0v) is 16.8. The summed E-state index contributed by atoms with van der Waals surface area (Å²) in [5.41, 5.74) is 2.85. The van der Waals surface area contributed by atoms with Crippen molar-refractivity contribution < 1.29 is 4.79 Å². The molecular weight excluding hydrogens is 366 g/mol. The largest absolute Gasteiger partial charge is 0.338 e. The second kappa shape index (κ2) is 8.03. The average molecular weight is 391 g/mol. The third kappa shape index (κ3) is 3.72. The summed E-state index contributed by atoms with van der Waals surface area (Å²) in [7, 11) is 0.